The van der Waals surface area contributed by atoms with E-state index in [-0.39, 0.29) is 20.3 Å². The largest absolute Gasteiger partial charge is 1.00 e. The van der Waals surface area contributed by atoms with Gasteiger partial charge in [-0.15, -0.1) is 0 Å². The summed E-state index contributed by atoms with van der Waals surface area (Å²) >= 11 is 0. The molecule has 0 heterocycles. The summed E-state index contributed by atoms with van der Waals surface area (Å²) in [5.74, 6) is -0.888. The zero-order chi connectivity index (χ0) is 24.0. The molecule has 9 heteroatoms. The second-order valence-electron chi connectivity index (χ2n) is 7.70. The van der Waals surface area contributed by atoms with Crippen molar-refractivity contribution in [2.75, 3.05) is 13.2 Å². The minimum Gasteiger partial charge on any atom is -1.00 e. The van der Waals surface area contributed by atoms with Gasteiger partial charge in [-0.05, 0) is 25.0 Å². The quantitative estimate of drug-likeness (QED) is 0.196. The molecule has 0 amide bonds. The fourth-order valence-corrected chi connectivity index (χ4v) is 3.09. The predicted molar refractivity (Wildman–Crippen MR) is 127 cm³/mol. The maximum absolute atomic E-state index is 12.4. The predicted octanol–water partition coefficient (Wildman–Crippen LogP) is 1.79. The number of ether oxygens (including phenoxy) is 2. The first-order valence-electron chi connectivity index (χ1n) is 11.9. The molecule has 0 aliphatic heterocycles. The van der Waals surface area contributed by atoms with Crippen molar-refractivity contribution < 1.29 is 54.4 Å². The molecule has 0 aliphatic carbocycles. The third kappa shape index (κ3) is 19.8. The van der Waals surface area contributed by atoms with E-state index in [4.69, 9.17) is 24.5 Å². The van der Waals surface area contributed by atoms with Crippen LogP contribution >= 0.6 is 0 Å². The van der Waals surface area contributed by atoms with Crippen molar-refractivity contribution in [2.45, 2.75) is 90.9 Å². The van der Waals surface area contributed by atoms with Crippen LogP contribution in [0.3, 0.4) is 0 Å². The summed E-state index contributed by atoms with van der Waals surface area (Å²) in [5, 5.41) is 21.5. The molecule has 3 N–H and O–H groups in total. The van der Waals surface area contributed by atoms with Gasteiger partial charge in [-0.3, -0.25) is 0 Å². The Hall–Kier alpha value is -1.30. The first kappa shape index (κ1) is 33.9. The Kier molecular flexibility index (Phi) is 24.5. The normalized spacial score (nSPS) is 9.85. The number of hydrogen-bond acceptors (Lipinski definition) is 7. The van der Waals surface area contributed by atoms with Crippen LogP contribution in [0.4, 0.5) is 0 Å². The van der Waals surface area contributed by atoms with Crippen molar-refractivity contribution in [2.24, 2.45) is 0 Å². The zero-order valence-electron chi connectivity index (χ0n) is 21.8. The van der Waals surface area contributed by atoms with E-state index in [0.29, 0.717) is 24.3 Å². The van der Waals surface area contributed by atoms with Gasteiger partial charge in [0.1, 0.15) is 0 Å². The van der Waals surface area contributed by atoms with Crippen LogP contribution in [0, 0.1) is 0 Å². The fraction of sp³-hybridized carbons (Fsp3) is 0.667. The Labute approximate surface area is 213 Å². The molecule has 0 saturated carbocycles. The number of carbonyl (C=O) groups excluding carboxylic acids is 2. The molecule has 1 aromatic carbocycles. The van der Waals surface area contributed by atoms with E-state index in [1.54, 1.807) is 24.3 Å². The van der Waals surface area contributed by atoms with Gasteiger partial charge in [-0.2, -0.15) is 0 Å². The third-order valence-electron chi connectivity index (χ3n) is 4.83. The number of rotatable bonds is 16. The smallest absolute Gasteiger partial charge is 1.00 e. The van der Waals surface area contributed by atoms with Gasteiger partial charge in [-0.1, -0.05) is 90.2 Å². The first-order valence-corrected chi connectivity index (χ1v) is 11.9. The molecule has 1 rings (SSSR count). The summed E-state index contributed by atoms with van der Waals surface area (Å²) in [4.78, 5) is 24.7. The average Bonchev–Trinajstić information content (AvgIpc) is 2.77. The van der Waals surface area contributed by atoms with Crippen molar-refractivity contribution in [1.29, 1.82) is 0 Å². The number of benzene rings is 1. The van der Waals surface area contributed by atoms with Crippen molar-refractivity contribution in [1.82, 2.24) is 0 Å². The van der Waals surface area contributed by atoms with E-state index in [2.05, 4.69) is 13.8 Å². The topological polar surface area (TPSA) is 113 Å². The molecule has 33 heavy (non-hydrogen) atoms. The van der Waals surface area contributed by atoms with Gasteiger partial charge in [0.25, 0.3) is 0 Å². The second kappa shape index (κ2) is 23.8. The van der Waals surface area contributed by atoms with Crippen molar-refractivity contribution >= 4 is 19.3 Å². The van der Waals surface area contributed by atoms with Crippen molar-refractivity contribution in [3.8, 4) is 0 Å². The summed E-state index contributed by atoms with van der Waals surface area (Å²) in [7, 11) is -2.17. The minimum absolute atomic E-state index is 0. The molecule has 0 aromatic heterocycles. The maximum Gasteiger partial charge on any atom is 1.00 e. The standard InChI is InChI=1S/C24H38O4.BH3O3.Li.H/c1-3-5-7-9-11-15-19-27-23(25)21-17-13-14-18-22(21)24(26)28-20-16-12-10-8-6-4-2;2-1(3)4;;/h13-14,17-18H,3-12,15-16,19-20H2,1-2H3;2-4H;;/q;;+1;-1. The molecule has 0 atom stereocenters. The van der Waals surface area contributed by atoms with Gasteiger partial charge in [0.15, 0.2) is 0 Å². The van der Waals surface area contributed by atoms with Crippen LogP contribution < -0.4 is 18.9 Å². The van der Waals surface area contributed by atoms with Crippen LogP contribution in [0.15, 0.2) is 24.3 Å². The van der Waals surface area contributed by atoms with Crippen molar-refractivity contribution in [3.63, 3.8) is 0 Å². The van der Waals surface area contributed by atoms with Crippen LogP contribution in [0.1, 0.15) is 113 Å². The summed E-state index contributed by atoms with van der Waals surface area (Å²) in [6.07, 6.45) is 13.6. The van der Waals surface area contributed by atoms with Gasteiger partial charge >= 0.3 is 38.1 Å². The van der Waals surface area contributed by atoms with Crippen LogP contribution in [-0.4, -0.2) is 47.5 Å². The number of esters is 2. The molecular weight excluding hydrogens is 418 g/mol. The Morgan fingerprint density at radius 3 is 1.33 bits per heavy atom. The minimum atomic E-state index is -2.17. The van der Waals surface area contributed by atoms with E-state index in [9.17, 15) is 9.59 Å². The van der Waals surface area contributed by atoms with Gasteiger partial charge in [0.2, 0.25) is 0 Å². The fourth-order valence-electron chi connectivity index (χ4n) is 3.09. The van der Waals surface area contributed by atoms with Crippen LogP contribution in [0.25, 0.3) is 0 Å². The van der Waals surface area contributed by atoms with E-state index in [1.807, 2.05) is 0 Å². The second-order valence-corrected chi connectivity index (χ2v) is 7.70. The molecule has 0 unspecified atom stereocenters. The zero-order valence-corrected chi connectivity index (χ0v) is 20.8. The van der Waals surface area contributed by atoms with Gasteiger partial charge < -0.3 is 26.0 Å². The number of unbranched alkanes of at least 4 members (excludes halogenated alkanes) is 10. The van der Waals surface area contributed by atoms with Gasteiger partial charge in [0, 0.05) is 0 Å². The number of carbonyl (C=O) groups is 2. The summed E-state index contributed by atoms with van der Waals surface area (Å²) in [6.45, 7) is 5.17. The molecule has 0 radical (unpaired) electrons. The first-order chi connectivity index (χ1) is 15.4. The molecular formula is C24H42BLiO7. The summed E-state index contributed by atoms with van der Waals surface area (Å²) in [6, 6.07) is 6.74. The Bertz CT molecular complexity index is 569. The molecule has 0 fully saturated rings. The van der Waals surface area contributed by atoms with Crippen LogP contribution in [-0.2, 0) is 9.47 Å². The Morgan fingerprint density at radius 2 is 1.00 bits per heavy atom. The average molecular weight is 460 g/mol. The Morgan fingerprint density at radius 1 is 0.697 bits per heavy atom. The van der Waals surface area contributed by atoms with E-state index in [1.165, 1.54) is 51.4 Å². The Balaban J connectivity index is -0.00000148. The molecule has 0 aliphatic rings. The monoisotopic (exact) mass is 460 g/mol. The molecule has 0 spiro atoms. The van der Waals surface area contributed by atoms with Gasteiger partial charge in [0.05, 0.1) is 24.3 Å². The third-order valence-corrected chi connectivity index (χ3v) is 4.83. The molecule has 1 aromatic rings. The van der Waals surface area contributed by atoms with Gasteiger partial charge in [-0.25, -0.2) is 9.59 Å². The molecule has 0 saturated heterocycles. The maximum atomic E-state index is 12.4. The SMILES string of the molecule is CCCCCCCCOC(=O)c1ccccc1C(=O)OCCCCCCCC.OB(O)O.[H-].[Li+]. The summed E-state index contributed by atoms with van der Waals surface area (Å²) < 4.78 is 10.7. The molecule has 0 bridgehead atoms. The van der Waals surface area contributed by atoms with Crippen LogP contribution in [0.2, 0.25) is 0 Å². The van der Waals surface area contributed by atoms with E-state index in [0.717, 1.165) is 25.7 Å². The summed E-state index contributed by atoms with van der Waals surface area (Å²) in [5.41, 5.74) is 0.586. The van der Waals surface area contributed by atoms with E-state index < -0.39 is 19.3 Å². The number of hydrogen-bond donors (Lipinski definition) is 3. The van der Waals surface area contributed by atoms with E-state index >= 15 is 0 Å². The van der Waals surface area contributed by atoms with Crippen LogP contribution in [0.5, 0.6) is 0 Å². The van der Waals surface area contributed by atoms with Crippen molar-refractivity contribution in [3.05, 3.63) is 35.4 Å². The molecule has 7 nitrogen and oxygen atoms in total. The molecule has 184 valence electrons.